The van der Waals surface area contributed by atoms with Crippen LogP contribution in [0.4, 0.5) is 4.39 Å². The van der Waals surface area contributed by atoms with Crippen LogP contribution in [0.2, 0.25) is 5.02 Å². The van der Waals surface area contributed by atoms with Crippen molar-refractivity contribution >= 4 is 11.6 Å². The first-order valence-electron chi connectivity index (χ1n) is 5.72. The van der Waals surface area contributed by atoms with Crippen LogP contribution in [0.25, 0.3) is 0 Å². The molecule has 88 valence electrons. The molecule has 1 saturated carbocycles. The molecule has 1 aliphatic carbocycles. The lowest BCUT2D eigenvalue weighted by molar-refractivity contribution is 0.371. The van der Waals surface area contributed by atoms with Crippen LogP contribution in [0.1, 0.15) is 43.5 Å². The first kappa shape index (κ1) is 11.9. The maximum absolute atomic E-state index is 13.5. The molecule has 3 heteroatoms. The third kappa shape index (κ3) is 2.55. The quantitative estimate of drug-likeness (QED) is 0.853. The molecule has 0 saturated heterocycles. The molecule has 0 heterocycles. The van der Waals surface area contributed by atoms with Gasteiger partial charge in [-0.3, -0.25) is 0 Å². The van der Waals surface area contributed by atoms with Gasteiger partial charge in [0.2, 0.25) is 0 Å². The van der Waals surface area contributed by atoms with Crippen molar-refractivity contribution in [3.8, 4) is 0 Å². The Labute approximate surface area is 101 Å². The largest absolute Gasteiger partial charge is 0.325 e. The van der Waals surface area contributed by atoms with E-state index in [-0.39, 0.29) is 5.54 Å². The zero-order valence-corrected chi connectivity index (χ0v) is 10.2. The van der Waals surface area contributed by atoms with E-state index in [1.165, 1.54) is 6.92 Å². The van der Waals surface area contributed by atoms with Gasteiger partial charge in [-0.2, -0.15) is 0 Å². The van der Waals surface area contributed by atoms with Gasteiger partial charge in [0, 0.05) is 16.1 Å². The minimum Gasteiger partial charge on any atom is -0.325 e. The van der Waals surface area contributed by atoms with Crippen LogP contribution in [0, 0.1) is 0 Å². The number of benzene rings is 1. The van der Waals surface area contributed by atoms with E-state index in [0.29, 0.717) is 10.6 Å². The molecule has 1 aliphatic rings. The monoisotopic (exact) mass is 241 g/mol. The molecule has 0 aliphatic heterocycles. The Morgan fingerprint density at radius 3 is 2.75 bits per heavy atom. The zero-order valence-electron chi connectivity index (χ0n) is 9.47. The van der Waals surface area contributed by atoms with Crippen molar-refractivity contribution in [2.75, 3.05) is 0 Å². The normalized spacial score (nSPS) is 19.5. The predicted molar refractivity (Wildman–Crippen MR) is 65.4 cm³/mol. The minimum atomic E-state index is -1.02. The standard InChI is InChI=1S/C13H17ClFN/c1-9(15)12-10(3-2-4-11(12)14)5-6-13(16)7-8-13/h2-4,9H,5-8,16H2,1H3. The third-order valence-electron chi connectivity index (χ3n) is 3.33. The summed E-state index contributed by atoms with van der Waals surface area (Å²) in [6.07, 6.45) is 2.91. The summed E-state index contributed by atoms with van der Waals surface area (Å²) >= 11 is 6.02. The van der Waals surface area contributed by atoms with Gasteiger partial charge in [0.05, 0.1) is 0 Å². The van der Waals surface area contributed by atoms with Gasteiger partial charge >= 0.3 is 0 Å². The van der Waals surface area contributed by atoms with E-state index in [1.54, 1.807) is 6.07 Å². The van der Waals surface area contributed by atoms with Crippen molar-refractivity contribution < 1.29 is 4.39 Å². The van der Waals surface area contributed by atoms with E-state index in [1.807, 2.05) is 12.1 Å². The number of halogens is 2. The molecule has 2 N–H and O–H groups in total. The number of hydrogen-bond acceptors (Lipinski definition) is 1. The molecule has 16 heavy (non-hydrogen) atoms. The average molecular weight is 242 g/mol. The average Bonchev–Trinajstić information content (AvgIpc) is 2.94. The Kier molecular flexibility index (Phi) is 3.22. The molecule has 1 aromatic rings. The molecule has 1 aromatic carbocycles. The highest BCUT2D eigenvalue weighted by atomic mass is 35.5. The first-order chi connectivity index (χ1) is 7.52. The second-order valence-corrected chi connectivity index (χ2v) is 5.20. The summed E-state index contributed by atoms with van der Waals surface area (Å²) in [5.74, 6) is 0. The summed E-state index contributed by atoms with van der Waals surface area (Å²) in [4.78, 5) is 0. The van der Waals surface area contributed by atoms with Gasteiger partial charge in [-0.1, -0.05) is 23.7 Å². The topological polar surface area (TPSA) is 26.0 Å². The molecule has 1 fully saturated rings. The van der Waals surface area contributed by atoms with E-state index in [0.717, 1.165) is 31.2 Å². The number of aryl methyl sites for hydroxylation is 1. The highest BCUT2D eigenvalue weighted by molar-refractivity contribution is 6.31. The van der Waals surface area contributed by atoms with E-state index in [9.17, 15) is 4.39 Å². The molecule has 0 bridgehead atoms. The summed E-state index contributed by atoms with van der Waals surface area (Å²) in [6, 6.07) is 5.56. The van der Waals surface area contributed by atoms with Crippen LogP contribution >= 0.6 is 11.6 Å². The summed E-state index contributed by atoms with van der Waals surface area (Å²) in [6.45, 7) is 1.53. The number of alkyl halides is 1. The second-order valence-electron chi connectivity index (χ2n) is 4.79. The van der Waals surface area contributed by atoms with Gasteiger partial charge in [0.1, 0.15) is 6.17 Å². The second kappa shape index (κ2) is 4.34. The van der Waals surface area contributed by atoms with E-state index >= 15 is 0 Å². The Balaban J connectivity index is 2.15. The number of hydrogen-bond donors (Lipinski definition) is 1. The molecular weight excluding hydrogens is 225 g/mol. The lowest BCUT2D eigenvalue weighted by atomic mass is 9.97. The Morgan fingerprint density at radius 1 is 1.50 bits per heavy atom. The molecular formula is C13H17ClFN. The summed E-state index contributed by atoms with van der Waals surface area (Å²) in [5.41, 5.74) is 7.68. The van der Waals surface area contributed by atoms with Crippen LogP contribution in [0.3, 0.4) is 0 Å². The third-order valence-corrected chi connectivity index (χ3v) is 3.66. The first-order valence-corrected chi connectivity index (χ1v) is 6.10. The van der Waals surface area contributed by atoms with Gasteiger partial charge < -0.3 is 5.73 Å². The predicted octanol–water partition coefficient (Wildman–Crippen LogP) is 3.79. The van der Waals surface area contributed by atoms with Crippen LogP contribution in [0.15, 0.2) is 18.2 Å². The van der Waals surface area contributed by atoms with Gasteiger partial charge in [-0.05, 0) is 44.2 Å². The summed E-state index contributed by atoms with van der Waals surface area (Å²) < 4.78 is 13.5. The van der Waals surface area contributed by atoms with Crippen LogP contribution in [-0.2, 0) is 6.42 Å². The maximum Gasteiger partial charge on any atom is 0.124 e. The van der Waals surface area contributed by atoms with Crippen molar-refractivity contribution in [3.05, 3.63) is 34.3 Å². The fourth-order valence-electron chi connectivity index (χ4n) is 2.04. The molecule has 0 amide bonds. The van der Waals surface area contributed by atoms with Crippen molar-refractivity contribution in [1.82, 2.24) is 0 Å². The minimum absolute atomic E-state index is 0.0130. The maximum atomic E-state index is 13.5. The van der Waals surface area contributed by atoms with Crippen LogP contribution in [0.5, 0.6) is 0 Å². The SMILES string of the molecule is CC(F)c1c(Cl)cccc1CCC1(N)CC1. The van der Waals surface area contributed by atoms with E-state index < -0.39 is 6.17 Å². The molecule has 0 spiro atoms. The van der Waals surface area contributed by atoms with Crippen LogP contribution in [-0.4, -0.2) is 5.54 Å². The van der Waals surface area contributed by atoms with Crippen molar-refractivity contribution in [2.24, 2.45) is 5.73 Å². The highest BCUT2D eigenvalue weighted by Crippen LogP contribution is 2.38. The molecule has 1 unspecified atom stereocenters. The molecule has 0 aromatic heterocycles. The molecule has 1 atom stereocenters. The Bertz CT molecular complexity index is 386. The Hall–Kier alpha value is -0.600. The highest BCUT2D eigenvalue weighted by Gasteiger charge is 2.37. The van der Waals surface area contributed by atoms with Gasteiger partial charge in [0.25, 0.3) is 0 Å². The van der Waals surface area contributed by atoms with Gasteiger partial charge in [-0.15, -0.1) is 0 Å². The summed E-state index contributed by atoms with van der Waals surface area (Å²) in [7, 11) is 0. The van der Waals surface area contributed by atoms with E-state index in [2.05, 4.69) is 0 Å². The number of rotatable bonds is 4. The molecule has 0 radical (unpaired) electrons. The van der Waals surface area contributed by atoms with Crippen molar-refractivity contribution in [1.29, 1.82) is 0 Å². The lowest BCUT2D eigenvalue weighted by Crippen LogP contribution is -2.22. The van der Waals surface area contributed by atoms with Gasteiger partial charge in [-0.25, -0.2) is 4.39 Å². The Morgan fingerprint density at radius 2 is 2.19 bits per heavy atom. The summed E-state index contributed by atoms with van der Waals surface area (Å²) in [5, 5.41) is 0.523. The number of nitrogens with two attached hydrogens (primary N) is 1. The lowest BCUT2D eigenvalue weighted by Gasteiger charge is -2.14. The van der Waals surface area contributed by atoms with Crippen molar-refractivity contribution in [3.63, 3.8) is 0 Å². The molecule has 2 rings (SSSR count). The smallest absolute Gasteiger partial charge is 0.124 e. The van der Waals surface area contributed by atoms with Gasteiger partial charge in [0.15, 0.2) is 0 Å². The molecule has 1 nitrogen and oxygen atoms in total. The van der Waals surface area contributed by atoms with Crippen molar-refractivity contribution in [2.45, 2.75) is 44.3 Å². The zero-order chi connectivity index (χ0) is 11.8. The fourth-order valence-corrected chi connectivity index (χ4v) is 2.38. The fraction of sp³-hybridized carbons (Fsp3) is 0.538. The van der Waals surface area contributed by atoms with E-state index in [4.69, 9.17) is 17.3 Å². The van der Waals surface area contributed by atoms with Crippen LogP contribution < -0.4 is 5.73 Å².